The van der Waals surface area contributed by atoms with Crippen LogP contribution >= 0.6 is 0 Å². The van der Waals surface area contributed by atoms with Crippen LogP contribution in [0.2, 0.25) is 0 Å². The average molecular weight is 189 g/mol. The summed E-state index contributed by atoms with van der Waals surface area (Å²) >= 11 is 0. The van der Waals surface area contributed by atoms with Crippen LogP contribution in [0, 0.1) is 6.92 Å². The van der Waals surface area contributed by atoms with Crippen LogP contribution in [0.5, 0.6) is 0 Å². The molecule has 2 rings (SSSR count). The molecule has 1 N–H and O–H groups in total. The van der Waals surface area contributed by atoms with Crippen LogP contribution in [0.15, 0.2) is 35.1 Å². The van der Waals surface area contributed by atoms with Crippen LogP contribution in [-0.4, -0.2) is 14.8 Å². The quantitative estimate of drug-likeness (QED) is 0.764. The SMILES string of the molecule is Cc1n[nH]c(=O)n1Cc1ccccc1. The molecule has 0 saturated carbocycles. The topological polar surface area (TPSA) is 50.7 Å². The van der Waals surface area contributed by atoms with Crippen molar-refractivity contribution in [2.45, 2.75) is 13.5 Å². The molecule has 14 heavy (non-hydrogen) atoms. The maximum absolute atomic E-state index is 11.3. The fraction of sp³-hybridized carbons (Fsp3) is 0.200. The third kappa shape index (κ3) is 1.59. The Kier molecular flexibility index (Phi) is 2.18. The molecule has 1 heterocycles. The molecule has 2 aromatic rings. The smallest absolute Gasteiger partial charge is 0.275 e. The summed E-state index contributed by atoms with van der Waals surface area (Å²) in [6, 6.07) is 9.83. The number of benzene rings is 1. The highest BCUT2D eigenvalue weighted by atomic mass is 16.1. The summed E-state index contributed by atoms with van der Waals surface area (Å²) in [7, 11) is 0. The predicted molar refractivity (Wildman–Crippen MR) is 53.1 cm³/mol. The van der Waals surface area contributed by atoms with Crippen molar-refractivity contribution in [1.82, 2.24) is 14.8 Å². The van der Waals surface area contributed by atoms with Gasteiger partial charge in [-0.05, 0) is 12.5 Å². The van der Waals surface area contributed by atoms with Crippen LogP contribution in [0.3, 0.4) is 0 Å². The molecule has 0 aliphatic heterocycles. The van der Waals surface area contributed by atoms with Gasteiger partial charge in [-0.2, -0.15) is 5.10 Å². The van der Waals surface area contributed by atoms with Crippen LogP contribution < -0.4 is 5.69 Å². The van der Waals surface area contributed by atoms with E-state index in [4.69, 9.17) is 0 Å². The van der Waals surface area contributed by atoms with E-state index in [0.29, 0.717) is 12.4 Å². The molecule has 0 aliphatic carbocycles. The molecule has 4 nitrogen and oxygen atoms in total. The van der Waals surface area contributed by atoms with Crippen LogP contribution in [-0.2, 0) is 6.54 Å². The second-order valence-electron chi connectivity index (χ2n) is 3.15. The van der Waals surface area contributed by atoms with Crippen molar-refractivity contribution in [3.63, 3.8) is 0 Å². The Hall–Kier alpha value is -1.84. The first-order valence-corrected chi connectivity index (χ1v) is 4.43. The molecule has 0 radical (unpaired) electrons. The number of hydrogen-bond acceptors (Lipinski definition) is 2. The van der Waals surface area contributed by atoms with Gasteiger partial charge in [0.25, 0.3) is 0 Å². The van der Waals surface area contributed by atoms with Crippen molar-refractivity contribution in [1.29, 1.82) is 0 Å². The number of nitrogens with one attached hydrogen (secondary N) is 1. The highest BCUT2D eigenvalue weighted by Crippen LogP contribution is 2.01. The van der Waals surface area contributed by atoms with E-state index in [1.807, 2.05) is 30.3 Å². The molecule has 0 bridgehead atoms. The van der Waals surface area contributed by atoms with Gasteiger partial charge in [0.1, 0.15) is 5.82 Å². The van der Waals surface area contributed by atoms with Crippen molar-refractivity contribution in [2.75, 3.05) is 0 Å². The van der Waals surface area contributed by atoms with E-state index < -0.39 is 0 Å². The largest absolute Gasteiger partial charge is 0.343 e. The lowest BCUT2D eigenvalue weighted by Gasteiger charge is -2.01. The molecule has 1 aromatic heterocycles. The van der Waals surface area contributed by atoms with Gasteiger partial charge in [0.2, 0.25) is 0 Å². The minimum Gasteiger partial charge on any atom is -0.275 e. The van der Waals surface area contributed by atoms with E-state index in [9.17, 15) is 4.79 Å². The van der Waals surface area contributed by atoms with Crippen molar-refractivity contribution in [3.05, 3.63) is 52.2 Å². The fourth-order valence-electron chi connectivity index (χ4n) is 1.35. The zero-order valence-electron chi connectivity index (χ0n) is 7.90. The molecule has 72 valence electrons. The molecular formula is C10H11N3O. The summed E-state index contributed by atoms with van der Waals surface area (Å²) < 4.78 is 1.61. The van der Waals surface area contributed by atoms with Crippen LogP contribution in [0.4, 0.5) is 0 Å². The zero-order valence-corrected chi connectivity index (χ0v) is 7.90. The van der Waals surface area contributed by atoms with Gasteiger partial charge >= 0.3 is 5.69 Å². The van der Waals surface area contributed by atoms with E-state index in [1.54, 1.807) is 11.5 Å². The van der Waals surface area contributed by atoms with E-state index >= 15 is 0 Å². The second-order valence-corrected chi connectivity index (χ2v) is 3.15. The Labute approximate surface area is 81.2 Å². The first kappa shape index (κ1) is 8.74. The summed E-state index contributed by atoms with van der Waals surface area (Å²) in [5.41, 5.74) is 0.936. The molecule has 1 aromatic carbocycles. The molecule has 0 fully saturated rings. The summed E-state index contributed by atoms with van der Waals surface area (Å²) in [5, 5.41) is 6.25. The van der Waals surface area contributed by atoms with E-state index in [1.165, 1.54) is 0 Å². The average Bonchev–Trinajstić information content (AvgIpc) is 2.51. The molecular weight excluding hydrogens is 178 g/mol. The van der Waals surface area contributed by atoms with Crippen LogP contribution in [0.25, 0.3) is 0 Å². The minimum absolute atomic E-state index is 0.161. The number of H-pyrrole nitrogens is 1. The summed E-state index contributed by atoms with van der Waals surface area (Å²) in [5.74, 6) is 0.707. The number of aryl methyl sites for hydroxylation is 1. The Morgan fingerprint density at radius 3 is 2.64 bits per heavy atom. The Morgan fingerprint density at radius 2 is 2.07 bits per heavy atom. The Balaban J connectivity index is 2.32. The van der Waals surface area contributed by atoms with Gasteiger partial charge < -0.3 is 0 Å². The van der Waals surface area contributed by atoms with Gasteiger partial charge in [0.15, 0.2) is 0 Å². The van der Waals surface area contributed by atoms with Gasteiger partial charge in [-0.1, -0.05) is 30.3 Å². The van der Waals surface area contributed by atoms with Gasteiger partial charge in [0.05, 0.1) is 6.54 Å². The van der Waals surface area contributed by atoms with Crippen molar-refractivity contribution < 1.29 is 0 Å². The lowest BCUT2D eigenvalue weighted by atomic mass is 10.2. The van der Waals surface area contributed by atoms with Gasteiger partial charge in [-0.25, -0.2) is 9.89 Å². The Morgan fingerprint density at radius 1 is 1.36 bits per heavy atom. The van der Waals surface area contributed by atoms with Gasteiger partial charge in [0, 0.05) is 0 Å². The van der Waals surface area contributed by atoms with Crippen molar-refractivity contribution in [2.24, 2.45) is 0 Å². The maximum Gasteiger partial charge on any atom is 0.343 e. The first-order valence-electron chi connectivity index (χ1n) is 4.43. The van der Waals surface area contributed by atoms with Gasteiger partial charge in [-0.3, -0.25) is 4.57 Å². The summed E-state index contributed by atoms with van der Waals surface area (Å²) in [6.07, 6.45) is 0. The number of rotatable bonds is 2. The Bertz CT molecular complexity index is 470. The predicted octanol–water partition coefficient (Wildman–Crippen LogP) is 0.928. The van der Waals surface area contributed by atoms with Crippen molar-refractivity contribution in [3.8, 4) is 0 Å². The molecule has 0 atom stereocenters. The van der Waals surface area contributed by atoms with Gasteiger partial charge in [-0.15, -0.1) is 0 Å². The lowest BCUT2D eigenvalue weighted by molar-refractivity contribution is 0.734. The van der Waals surface area contributed by atoms with E-state index in [2.05, 4.69) is 10.2 Å². The number of nitrogens with zero attached hydrogens (tertiary/aromatic N) is 2. The third-order valence-electron chi connectivity index (χ3n) is 2.13. The first-order chi connectivity index (χ1) is 6.77. The fourth-order valence-corrected chi connectivity index (χ4v) is 1.35. The van der Waals surface area contributed by atoms with Crippen molar-refractivity contribution >= 4 is 0 Å². The second kappa shape index (κ2) is 3.49. The molecule has 0 saturated heterocycles. The van der Waals surface area contributed by atoms with E-state index in [-0.39, 0.29) is 5.69 Å². The highest BCUT2D eigenvalue weighted by molar-refractivity contribution is 5.15. The van der Waals surface area contributed by atoms with Crippen LogP contribution in [0.1, 0.15) is 11.4 Å². The lowest BCUT2D eigenvalue weighted by Crippen LogP contribution is -2.18. The number of aromatic amines is 1. The maximum atomic E-state index is 11.3. The monoisotopic (exact) mass is 189 g/mol. The molecule has 0 amide bonds. The molecule has 0 aliphatic rings. The normalized spacial score (nSPS) is 10.4. The zero-order chi connectivity index (χ0) is 9.97. The summed E-state index contributed by atoms with van der Waals surface area (Å²) in [6.45, 7) is 2.38. The third-order valence-corrected chi connectivity index (χ3v) is 2.13. The standard InChI is InChI=1S/C10H11N3O/c1-8-11-12-10(14)13(8)7-9-5-3-2-4-6-9/h2-6H,7H2,1H3,(H,12,14). The van der Waals surface area contributed by atoms with E-state index in [0.717, 1.165) is 5.56 Å². The molecule has 4 heteroatoms. The number of aromatic nitrogens is 3. The minimum atomic E-state index is -0.161. The number of hydrogen-bond donors (Lipinski definition) is 1. The molecule has 0 unspecified atom stereocenters. The molecule has 0 spiro atoms. The highest BCUT2D eigenvalue weighted by Gasteiger charge is 2.02. The summed E-state index contributed by atoms with van der Waals surface area (Å²) in [4.78, 5) is 11.3.